The molecule has 0 amide bonds. The number of ether oxygens (including phenoxy) is 2. The van der Waals surface area contributed by atoms with Crippen molar-refractivity contribution in [3.8, 4) is 0 Å². The van der Waals surface area contributed by atoms with Crippen molar-refractivity contribution in [1.82, 2.24) is 0 Å². The van der Waals surface area contributed by atoms with Gasteiger partial charge in [-0.05, 0) is 5.56 Å². The van der Waals surface area contributed by atoms with E-state index in [2.05, 4.69) is 4.74 Å². The topological polar surface area (TPSA) is 52.6 Å². The number of esters is 1. The third-order valence-electron chi connectivity index (χ3n) is 2.68. The van der Waals surface area contributed by atoms with Crippen molar-refractivity contribution in [2.45, 2.75) is 20.0 Å². The summed E-state index contributed by atoms with van der Waals surface area (Å²) in [5, 5.41) is 0. The summed E-state index contributed by atoms with van der Waals surface area (Å²) in [6, 6.07) is 7.19. The van der Waals surface area contributed by atoms with Crippen LogP contribution < -0.4 is 0 Å². The van der Waals surface area contributed by atoms with Gasteiger partial charge in [0.2, 0.25) is 0 Å². The first kappa shape index (κ1) is 14.4. The normalized spacial score (nSPS) is 11.9. The van der Waals surface area contributed by atoms with Crippen LogP contribution in [0.15, 0.2) is 24.3 Å². The largest absolute Gasteiger partial charge is 0.469 e. The molecule has 18 heavy (non-hydrogen) atoms. The minimum Gasteiger partial charge on any atom is -0.469 e. The van der Waals surface area contributed by atoms with Crippen LogP contribution in [0.3, 0.4) is 0 Å². The van der Waals surface area contributed by atoms with Gasteiger partial charge in [-0.15, -0.1) is 0 Å². The molecule has 0 bridgehead atoms. The Morgan fingerprint density at radius 3 is 2.28 bits per heavy atom. The van der Waals surface area contributed by atoms with Gasteiger partial charge in [-0.3, -0.25) is 9.59 Å². The summed E-state index contributed by atoms with van der Waals surface area (Å²) in [6.07, 6.45) is 0.163. The SMILES string of the molecule is COCc1ccc(C(=O)CC(C)C(=O)OC)cc1. The molecule has 1 aromatic rings. The molecule has 0 aliphatic rings. The Balaban J connectivity index is 2.64. The van der Waals surface area contributed by atoms with E-state index in [0.717, 1.165) is 5.56 Å². The van der Waals surface area contributed by atoms with Crippen LogP contribution in [0.1, 0.15) is 29.3 Å². The summed E-state index contributed by atoms with van der Waals surface area (Å²) in [7, 11) is 2.94. The average molecular weight is 250 g/mol. The molecule has 1 rings (SSSR count). The second-order valence-corrected chi connectivity index (χ2v) is 4.18. The molecule has 1 unspecified atom stereocenters. The number of hydrogen-bond donors (Lipinski definition) is 0. The Kier molecular flexibility index (Phi) is 5.52. The minimum atomic E-state index is -0.416. The number of carbonyl (C=O) groups excluding carboxylic acids is 2. The summed E-state index contributed by atoms with van der Waals surface area (Å²) in [6.45, 7) is 2.20. The third kappa shape index (κ3) is 3.96. The molecule has 0 heterocycles. The number of rotatable bonds is 6. The lowest BCUT2D eigenvalue weighted by Gasteiger charge is -2.08. The molecule has 0 fully saturated rings. The fraction of sp³-hybridized carbons (Fsp3) is 0.429. The van der Waals surface area contributed by atoms with Crippen LogP contribution in [-0.2, 0) is 20.9 Å². The average Bonchev–Trinajstić information content (AvgIpc) is 2.38. The molecule has 0 saturated heterocycles. The summed E-state index contributed by atoms with van der Waals surface area (Å²) in [4.78, 5) is 23.1. The van der Waals surface area contributed by atoms with Gasteiger partial charge < -0.3 is 9.47 Å². The Bertz CT molecular complexity index is 408. The molecule has 0 radical (unpaired) electrons. The zero-order valence-electron chi connectivity index (χ0n) is 10.9. The first-order chi connectivity index (χ1) is 8.58. The Morgan fingerprint density at radius 1 is 1.17 bits per heavy atom. The van der Waals surface area contributed by atoms with Gasteiger partial charge in [-0.2, -0.15) is 0 Å². The fourth-order valence-electron chi connectivity index (χ4n) is 1.63. The lowest BCUT2D eigenvalue weighted by molar-refractivity contribution is -0.144. The molecule has 1 atom stereocenters. The predicted molar refractivity (Wildman–Crippen MR) is 67.3 cm³/mol. The van der Waals surface area contributed by atoms with Crippen LogP contribution in [0.5, 0.6) is 0 Å². The van der Waals surface area contributed by atoms with E-state index >= 15 is 0 Å². The maximum atomic E-state index is 11.9. The van der Waals surface area contributed by atoms with Crippen molar-refractivity contribution in [2.75, 3.05) is 14.2 Å². The molecule has 0 N–H and O–H groups in total. The van der Waals surface area contributed by atoms with Gasteiger partial charge in [0.25, 0.3) is 0 Å². The number of methoxy groups -OCH3 is 2. The van der Waals surface area contributed by atoms with Crippen molar-refractivity contribution in [3.63, 3.8) is 0 Å². The van der Waals surface area contributed by atoms with Gasteiger partial charge >= 0.3 is 5.97 Å². The van der Waals surface area contributed by atoms with E-state index in [-0.39, 0.29) is 18.2 Å². The molecule has 4 heteroatoms. The standard InChI is InChI=1S/C14H18O4/c1-10(14(16)18-3)8-13(15)12-6-4-11(5-7-12)9-17-2/h4-7,10H,8-9H2,1-3H3. The van der Waals surface area contributed by atoms with Crippen LogP contribution in [0.25, 0.3) is 0 Å². The second-order valence-electron chi connectivity index (χ2n) is 4.18. The molecular weight excluding hydrogens is 232 g/mol. The van der Waals surface area contributed by atoms with E-state index < -0.39 is 5.92 Å². The molecular formula is C14H18O4. The maximum absolute atomic E-state index is 11.9. The highest BCUT2D eigenvalue weighted by Gasteiger charge is 2.18. The number of benzene rings is 1. The highest BCUT2D eigenvalue weighted by atomic mass is 16.5. The number of carbonyl (C=O) groups is 2. The lowest BCUT2D eigenvalue weighted by atomic mass is 9.99. The van der Waals surface area contributed by atoms with Crippen LogP contribution in [-0.4, -0.2) is 26.0 Å². The summed E-state index contributed by atoms with van der Waals surface area (Å²) >= 11 is 0. The first-order valence-electron chi connectivity index (χ1n) is 5.77. The quantitative estimate of drug-likeness (QED) is 0.574. The van der Waals surface area contributed by atoms with Gasteiger partial charge in [0.05, 0.1) is 19.6 Å². The molecule has 0 aliphatic heterocycles. The van der Waals surface area contributed by atoms with Gasteiger partial charge in [0, 0.05) is 19.1 Å². The lowest BCUT2D eigenvalue weighted by Crippen LogP contribution is -2.16. The Labute approximate surface area is 107 Å². The van der Waals surface area contributed by atoms with E-state index in [1.54, 1.807) is 26.2 Å². The maximum Gasteiger partial charge on any atom is 0.308 e. The van der Waals surface area contributed by atoms with E-state index in [1.165, 1.54) is 7.11 Å². The minimum absolute atomic E-state index is 0.0585. The van der Waals surface area contributed by atoms with Crippen LogP contribution >= 0.6 is 0 Å². The third-order valence-corrected chi connectivity index (χ3v) is 2.68. The second kappa shape index (κ2) is 6.91. The molecule has 4 nitrogen and oxygen atoms in total. The van der Waals surface area contributed by atoms with Crippen molar-refractivity contribution in [1.29, 1.82) is 0 Å². The monoisotopic (exact) mass is 250 g/mol. The van der Waals surface area contributed by atoms with Crippen LogP contribution in [0.4, 0.5) is 0 Å². The number of ketones is 1. The van der Waals surface area contributed by atoms with E-state index in [9.17, 15) is 9.59 Å². The van der Waals surface area contributed by atoms with Crippen LogP contribution in [0, 0.1) is 5.92 Å². The summed E-state index contributed by atoms with van der Waals surface area (Å²) in [5.41, 5.74) is 1.61. The first-order valence-corrected chi connectivity index (χ1v) is 5.77. The van der Waals surface area contributed by atoms with Gasteiger partial charge in [0.1, 0.15) is 0 Å². The molecule has 1 aromatic carbocycles. The van der Waals surface area contributed by atoms with E-state index in [0.29, 0.717) is 12.2 Å². The van der Waals surface area contributed by atoms with E-state index in [4.69, 9.17) is 4.74 Å². The molecule has 0 spiro atoms. The number of Topliss-reactive ketones (excluding diaryl/α,β-unsaturated/α-hetero) is 1. The summed E-state index contributed by atoms with van der Waals surface area (Å²) in [5.74, 6) is -0.836. The molecule has 0 aliphatic carbocycles. The van der Waals surface area contributed by atoms with Gasteiger partial charge in [-0.25, -0.2) is 0 Å². The van der Waals surface area contributed by atoms with Crippen LogP contribution in [0.2, 0.25) is 0 Å². The smallest absolute Gasteiger partial charge is 0.308 e. The molecule has 98 valence electrons. The van der Waals surface area contributed by atoms with Crippen molar-refractivity contribution in [2.24, 2.45) is 5.92 Å². The molecule has 0 aromatic heterocycles. The van der Waals surface area contributed by atoms with Crippen molar-refractivity contribution < 1.29 is 19.1 Å². The van der Waals surface area contributed by atoms with Gasteiger partial charge in [-0.1, -0.05) is 31.2 Å². The van der Waals surface area contributed by atoms with Gasteiger partial charge in [0.15, 0.2) is 5.78 Å². The fourth-order valence-corrected chi connectivity index (χ4v) is 1.63. The predicted octanol–water partition coefficient (Wildman–Crippen LogP) is 2.21. The highest BCUT2D eigenvalue weighted by Crippen LogP contribution is 2.12. The summed E-state index contributed by atoms with van der Waals surface area (Å²) < 4.78 is 9.58. The zero-order valence-corrected chi connectivity index (χ0v) is 10.9. The number of hydrogen-bond acceptors (Lipinski definition) is 4. The highest BCUT2D eigenvalue weighted by molar-refractivity contribution is 5.98. The Hall–Kier alpha value is -1.68. The van der Waals surface area contributed by atoms with Crippen molar-refractivity contribution >= 4 is 11.8 Å². The molecule has 0 saturated carbocycles. The Morgan fingerprint density at radius 2 is 1.78 bits per heavy atom. The van der Waals surface area contributed by atoms with E-state index in [1.807, 2.05) is 12.1 Å². The van der Waals surface area contributed by atoms with Crippen molar-refractivity contribution in [3.05, 3.63) is 35.4 Å². The zero-order chi connectivity index (χ0) is 13.5.